The largest absolute Gasteiger partial charge is 0.354 e. The van der Waals surface area contributed by atoms with Gasteiger partial charge >= 0.3 is 0 Å². The van der Waals surface area contributed by atoms with Crippen LogP contribution in [0.2, 0.25) is 15.3 Å². The molecule has 0 unspecified atom stereocenters. The van der Waals surface area contributed by atoms with Crippen molar-refractivity contribution in [1.82, 2.24) is 38.6 Å². The predicted molar refractivity (Wildman–Crippen MR) is 463 cm³/mol. The van der Waals surface area contributed by atoms with Crippen molar-refractivity contribution in [3.63, 3.8) is 0 Å². The van der Waals surface area contributed by atoms with Gasteiger partial charge in [0.2, 0.25) is 11.2 Å². The molecule has 20 rings (SSSR count). The lowest BCUT2D eigenvalue weighted by molar-refractivity contribution is 0.996. The Kier molecular flexibility index (Phi) is 21.0. The first-order chi connectivity index (χ1) is 53.2. The summed E-state index contributed by atoms with van der Waals surface area (Å²) in [7, 11) is 8.00. The van der Waals surface area contributed by atoms with Crippen LogP contribution in [0.3, 0.4) is 0 Å². The highest BCUT2D eigenvalue weighted by Crippen LogP contribution is 2.41. The molecule has 0 saturated carbocycles. The Morgan fingerprint density at radius 1 is 0.284 bits per heavy atom. The molecule has 20 aromatic rings. The molecule has 109 heavy (non-hydrogen) atoms. The maximum atomic E-state index is 6.47. The highest BCUT2D eigenvalue weighted by Gasteiger charge is 2.21. The van der Waals surface area contributed by atoms with Crippen LogP contribution in [0.5, 0.6) is 0 Å². The van der Waals surface area contributed by atoms with Gasteiger partial charge in [-0.2, -0.15) is 0 Å². The summed E-state index contributed by atoms with van der Waals surface area (Å²) < 4.78 is 6.91. The molecule has 6 heterocycles. The molecular formula is C96H67B2Cl3N8. The van der Waals surface area contributed by atoms with E-state index in [0.717, 1.165) is 83.6 Å². The second-order valence-electron chi connectivity index (χ2n) is 25.7. The molecule has 518 valence electrons. The Morgan fingerprint density at radius 3 is 1.12 bits per heavy atom. The Labute approximate surface area is 650 Å². The van der Waals surface area contributed by atoms with E-state index in [9.17, 15) is 0 Å². The van der Waals surface area contributed by atoms with E-state index >= 15 is 0 Å². The summed E-state index contributed by atoms with van der Waals surface area (Å²) in [5.74, 6) is 2.86. The van der Waals surface area contributed by atoms with E-state index < -0.39 is 0 Å². The summed E-state index contributed by atoms with van der Waals surface area (Å²) in [6.45, 7) is 1.65. The summed E-state index contributed by atoms with van der Waals surface area (Å²) in [6.07, 6.45) is 4.60. The van der Waals surface area contributed by atoms with Crippen LogP contribution >= 0.6 is 34.8 Å². The van der Waals surface area contributed by atoms with Crippen LogP contribution in [0.1, 0.15) is 14.4 Å². The highest BCUT2D eigenvalue weighted by atomic mass is 35.5. The Bertz CT molecular complexity index is 6730. The molecule has 0 atom stereocenters. The zero-order valence-electron chi connectivity index (χ0n) is 58.5. The van der Waals surface area contributed by atoms with Crippen molar-refractivity contribution in [2.24, 2.45) is 0 Å². The van der Waals surface area contributed by atoms with Gasteiger partial charge in [-0.05, 0) is 162 Å². The number of H-pyrrole nitrogens is 1. The zero-order valence-corrected chi connectivity index (χ0v) is 60.8. The van der Waals surface area contributed by atoms with Crippen molar-refractivity contribution in [1.29, 1.82) is 0 Å². The lowest BCUT2D eigenvalue weighted by Crippen LogP contribution is -2.04. The number of nitrogens with zero attached hydrogens (tertiary/aromatic N) is 7. The van der Waals surface area contributed by atoms with Crippen LogP contribution in [0, 0.1) is 12.3 Å². The van der Waals surface area contributed by atoms with Crippen LogP contribution in [0.25, 0.3) is 172 Å². The van der Waals surface area contributed by atoms with Crippen molar-refractivity contribution in [3.05, 3.63) is 367 Å². The van der Waals surface area contributed by atoms with Crippen LogP contribution in [-0.2, 0) is 0 Å². The first-order valence-electron chi connectivity index (χ1n) is 35.2. The smallest absolute Gasteiger partial charge is 0.235 e. The average Bonchev–Trinajstić information content (AvgIpc) is 1.60. The van der Waals surface area contributed by atoms with Gasteiger partial charge < -0.3 is 14.1 Å². The molecule has 14 aromatic carbocycles. The second-order valence-corrected chi connectivity index (χ2v) is 27.0. The van der Waals surface area contributed by atoms with E-state index in [1.54, 1.807) is 6.92 Å². The van der Waals surface area contributed by atoms with E-state index in [2.05, 4.69) is 299 Å². The first kappa shape index (κ1) is 71.6. The summed E-state index contributed by atoms with van der Waals surface area (Å²) in [4.78, 5) is 22.5. The number of aromatic amines is 1. The summed E-state index contributed by atoms with van der Waals surface area (Å²) in [6, 6.07) is 122. The molecule has 6 aromatic heterocycles. The van der Waals surface area contributed by atoms with E-state index in [-0.39, 0.29) is 12.7 Å². The fraction of sp³-hybridized carbons (Fsp3) is 0.0208. The molecule has 0 spiro atoms. The number of benzene rings is 14. The molecule has 0 saturated heterocycles. The molecule has 0 aliphatic heterocycles. The Balaban J connectivity index is 0.000000139. The third-order valence-corrected chi connectivity index (χ3v) is 19.9. The van der Waals surface area contributed by atoms with Crippen molar-refractivity contribution < 1.29 is 0 Å². The maximum Gasteiger partial charge on any atom is 0.235 e. The van der Waals surface area contributed by atoms with Crippen LogP contribution in [0.15, 0.2) is 352 Å². The number of hydrogen-bond donors (Lipinski definition) is 1. The number of fused-ring (bicyclic) bond motifs is 12. The zero-order chi connectivity index (χ0) is 73.6. The van der Waals surface area contributed by atoms with Gasteiger partial charge in [0, 0.05) is 113 Å². The molecule has 1 N–H and O–H groups in total. The molecule has 8 nitrogen and oxygen atoms in total. The summed E-state index contributed by atoms with van der Waals surface area (Å²) in [5.41, 5.74) is 23.4. The molecule has 0 fully saturated rings. The minimum absolute atomic E-state index is 0. The number of nitrogens with one attached hydrogen (secondary N) is 1. The third-order valence-electron chi connectivity index (χ3n) is 19.2. The van der Waals surface area contributed by atoms with Gasteiger partial charge in [0.25, 0.3) is 0 Å². The van der Waals surface area contributed by atoms with Crippen molar-refractivity contribution in [2.45, 2.75) is 14.4 Å². The molecular weight excluding hydrogens is 1390 g/mol. The number of halogens is 3. The standard InChI is InChI=1S/C46H29ClN4.C30H20N2.C16H10Cl2N2.C3H4.CH4.B2/c47-34-15-11-14-33(26-34)41-29-40(30-12-3-1-4-13-30)48-46(49-41)51-43-21-10-7-18-36(43)38-24-22-32(28-45(38)51)31-23-25-44-39(27-31)37-19-8-9-20-42(37)50(44)35-16-5-2-6-17-35;1-2-8-22(9-3-1)32-29-13-7-5-11-25(29)26-18-20(15-17-30(26)32)21-14-16-24-23-10-4-6-12-27(23)31-28(24)19-21;17-13-8-4-7-12(9-13)15-10-14(19-16(18)20-15)11-5-2-1-3-6-11;1-3-2;;1-2/h1-29H;1-19,31H;1-10H;1H,2H3;1H4;. The van der Waals surface area contributed by atoms with Crippen LogP contribution in [-0.4, -0.2) is 54.1 Å². The second kappa shape index (κ2) is 32.0. The third kappa shape index (κ3) is 14.4. The first-order valence-corrected chi connectivity index (χ1v) is 36.3. The molecule has 0 amide bonds. The van der Waals surface area contributed by atoms with Crippen LogP contribution < -0.4 is 0 Å². The lowest BCUT2D eigenvalue weighted by atomic mass is 9.81. The lowest BCUT2D eigenvalue weighted by Gasteiger charge is -2.12. The number of hydrogen-bond acceptors (Lipinski definition) is 4. The molecule has 0 bridgehead atoms. The minimum Gasteiger partial charge on any atom is -0.354 e. The molecule has 13 heteroatoms. The van der Waals surface area contributed by atoms with Crippen molar-refractivity contribution in [3.8, 4) is 97.0 Å². The SMILES string of the molecule is C.C#CC.Clc1cccc(-c2cc(-c3ccccc3)nc(-n3c4ccccc4c4ccc(-c5ccc6c(c5)c5ccccc5n6-c5ccccc5)cc43)n2)c1.Clc1cccc(-c2cc(-c3ccccc3)nc(Cl)n2)c1.[B][B].c1ccc(-n2c3ccccc3c3cc(-c4ccc5c(c4)[nH]c4ccccc45)ccc32)cc1. The number of rotatable bonds is 9. The average molecular weight is 1460 g/mol. The van der Waals surface area contributed by atoms with Crippen molar-refractivity contribution >= 4 is 138 Å². The van der Waals surface area contributed by atoms with E-state index in [4.69, 9.17) is 44.8 Å². The summed E-state index contributed by atoms with van der Waals surface area (Å²) in [5, 5.41) is 11.4. The Hall–Kier alpha value is -13.0. The van der Waals surface area contributed by atoms with E-state index in [1.165, 1.54) is 82.2 Å². The number of terminal acetylenes is 1. The van der Waals surface area contributed by atoms with Gasteiger partial charge in [-0.25, -0.2) is 19.9 Å². The quantitative estimate of drug-likeness (QED) is 0.0887. The van der Waals surface area contributed by atoms with E-state index in [1.807, 2.05) is 109 Å². The normalized spacial score (nSPS) is 10.9. The molecule has 0 aliphatic carbocycles. The monoisotopic (exact) mass is 1460 g/mol. The maximum absolute atomic E-state index is 6.47. The minimum atomic E-state index is 0. The van der Waals surface area contributed by atoms with Crippen LogP contribution in [0.4, 0.5) is 0 Å². The molecule has 0 aliphatic rings. The fourth-order valence-electron chi connectivity index (χ4n) is 14.5. The predicted octanol–water partition coefficient (Wildman–Crippen LogP) is 26.0. The summed E-state index contributed by atoms with van der Waals surface area (Å²) >= 11 is 18.5. The van der Waals surface area contributed by atoms with Gasteiger partial charge in [-0.3, -0.25) is 4.57 Å². The van der Waals surface area contributed by atoms with E-state index in [0.29, 0.717) is 16.0 Å². The fourth-order valence-corrected chi connectivity index (χ4v) is 15.0. The van der Waals surface area contributed by atoms with Crippen molar-refractivity contribution in [2.75, 3.05) is 0 Å². The topological polar surface area (TPSA) is 82.1 Å². The van der Waals surface area contributed by atoms with Gasteiger partial charge in [-0.1, -0.05) is 261 Å². The van der Waals surface area contributed by atoms with Gasteiger partial charge in [0.15, 0.2) is 0 Å². The highest BCUT2D eigenvalue weighted by molar-refractivity contribution is 6.75. The van der Waals surface area contributed by atoms with Gasteiger partial charge in [-0.15, -0.1) is 12.3 Å². The number of aromatic nitrogens is 8. The molecule has 4 radical (unpaired) electrons. The number of para-hydroxylation sites is 6. The Morgan fingerprint density at radius 2 is 0.624 bits per heavy atom. The van der Waals surface area contributed by atoms with Gasteiger partial charge in [0.1, 0.15) is 0 Å². The van der Waals surface area contributed by atoms with Gasteiger partial charge in [0.05, 0.1) is 55.9 Å².